The highest BCUT2D eigenvalue weighted by molar-refractivity contribution is 5.34. The predicted octanol–water partition coefficient (Wildman–Crippen LogP) is 1.94. The second-order valence-corrected chi connectivity index (χ2v) is 1.23. The van der Waals surface area contributed by atoms with E-state index in [0.29, 0.717) is 0 Å². The van der Waals surface area contributed by atoms with Gasteiger partial charge in [-0.3, -0.25) is 0 Å². The summed E-state index contributed by atoms with van der Waals surface area (Å²) in [5, 5.41) is 8.01. The maximum absolute atomic E-state index is 12.1. The molecule has 0 aromatic heterocycles. The molecule has 0 amide bonds. The van der Waals surface area contributed by atoms with Gasteiger partial charge in [0.1, 0.15) is 11.9 Å². The minimum absolute atomic E-state index is 0.118. The first-order valence-electron chi connectivity index (χ1n) is 2.13. The molecule has 8 heavy (non-hydrogen) atoms. The van der Waals surface area contributed by atoms with Gasteiger partial charge in [-0.1, -0.05) is 12.7 Å². The van der Waals surface area contributed by atoms with Crippen LogP contribution in [-0.2, 0) is 0 Å². The number of halogens is 1. The van der Waals surface area contributed by atoms with E-state index >= 15 is 0 Å². The first-order valence-corrected chi connectivity index (χ1v) is 2.13. The van der Waals surface area contributed by atoms with Crippen molar-refractivity contribution in [1.29, 1.82) is 5.26 Å². The van der Waals surface area contributed by atoms with Crippen LogP contribution in [0.2, 0.25) is 0 Å². The Balaban J connectivity index is 4.10. The highest BCUT2D eigenvalue weighted by Gasteiger charge is 1.94. The fourth-order valence-electron chi connectivity index (χ4n) is 0.228. The molecule has 42 valence electrons. The van der Waals surface area contributed by atoms with Gasteiger partial charge in [-0.25, -0.2) is 4.39 Å². The minimum Gasteiger partial charge on any atom is -0.206 e. The summed E-state index contributed by atoms with van der Waals surface area (Å²) in [6.45, 7) is 4.65. The van der Waals surface area contributed by atoms with Gasteiger partial charge < -0.3 is 0 Å². The molecule has 0 saturated heterocycles. The first kappa shape index (κ1) is 6.90. The van der Waals surface area contributed by atoms with E-state index in [-0.39, 0.29) is 5.57 Å². The van der Waals surface area contributed by atoms with Gasteiger partial charge in [0.2, 0.25) is 0 Å². The first-order chi connectivity index (χ1) is 3.72. The molecule has 0 atom stereocenters. The van der Waals surface area contributed by atoms with Crippen molar-refractivity contribution in [2.45, 2.75) is 6.92 Å². The van der Waals surface area contributed by atoms with Gasteiger partial charge in [-0.2, -0.15) is 5.26 Å². The molecule has 0 aliphatic rings. The van der Waals surface area contributed by atoms with Crippen molar-refractivity contribution in [3.8, 4) is 6.07 Å². The number of allylic oxidation sites excluding steroid dienone is 3. The number of nitriles is 1. The zero-order valence-corrected chi connectivity index (χ0v) is 4.61. The molecule has 1 nitrogen and oxygen atoms in total. The molecule has 0 heterocycles. The number of hydrogen-bond donors (Lipinski definition) is 0. The Morgan fingerprint density at radius 1 is 1.88 bits per heavy atom. The Morgan fingerprint density at radius 2 is 2.38 bits per heavy atom. The van der Waals surface area contributed by atoms with Gasteiger partial charge in [0.25, 0.3) is 0 Å². The van der Waals surface area contributed by atoms with Crippen molar-refractivity contribution in [2.75, 3.05) is 0 Å². The van der Waals surface area contributed by atoms with Gasteiger partial charge in [0, 0.05) is 0 Å². The summed E-state index contributed by atoms with van der Waals surface area (Å²) in [5.74, 6) is -0.549. The standard InChI is InChI=1S/C6H6FN/c1-3-6(7)5(2)4-8/h3H,2H2,1H3. The molecule has 0 rings (SSSR count). The molecule has 0 radical (unpaired) electrons. The molecular weight excluding hydrogens is 105 g/mol. The van der Waals surface area contributed by atoms with E-state index in [1.54, 1.807) is 6.07 Å². The molecule has 0 aliphatic carbocycles. The molecule has 0 N–H and O–H groups in total. The van der Waals surface area contributed by atoms with Crippen LogP contribution in [0.5, 0.6) is 0 Å². The van der Waals surface area contributed by atoms with Crippen LogP contribution in [0.3, 0.4) is 0 Å². The highest BCUT2D eigenvalue weighted by Crippen LogP contribution is 2.05. The molecule has 0 bridgehead atoms. The monoisotopic (exact) mass is 111 g/mol. The third-order valence-corrected chi connectivity index (χ3v) is 0.677. The molecule has 0 aromatic rings. The number of nitrogens with zero attached hydrogens (tertiary/aromatic N) is 1. The van der Waals surface area contributed by atoms with Crippen molar-refractivity contribution in [2.24, 2.45) is 0 Å². The van der Waals surface area contributed by atoms with E-state index in [2.05, 4.69) is 6.58 Å². The normalized spacial score (nSPS) is 10.4. The Morgan fingerprint density at radius 3 is 2.50 bits per heavy atom. The Bertz CT molecular complexity index is 162. The van der Waals surface area contributed by atoms with Crippen LogP contribution >= 0.6 is 0 Å². The third kappa shape index (κ3) is 1.57. The molecule has 0 spiro atoms. The summed E-state index contributed by atoms with van der Waals surface area (Å²) in [5.41, 5.74) is -0.118. The van der Waals surface area contributed by atoms with Crippen molar-refractivity contribution < 1.29 is 4.39 Å². The SMILES string of the molecule is C=C(C#N)C(F)=CC. The fraction of sp³-hybridized carbons (Fsp3) is 0.167. The lowest BCUT2D eigenvalue weighted by molar-refractivity contribution is 0.657. The third-order valence-electron chi connectivity index (χ3n) is 0.677. The lowest BCUT2D eigenvalue weighted by Gasteiger charge is -1.83. The highest BCUT2D eigenvalue weighted by atomic mass is 19.1. The van der Waals surface area contributed by atoms with E-state index in [1.807, 2.05) is 0 Å². The van der Waals surface area contributed by atoms with E-state index in [4.69, 9.17) is 5.26 Å². The van der Waals surface area contributed by atoms with Gasteiger partial charge >= 0.3 is 0 Å². The van der Waals surface area contributed by atoms with Crippen molar-refractivity contribution in [3.63, 3.8) is 0 Å². The van der Waals surface area contributed by atoms with Gasteiger partial charge in [-0.05, 0) is 6.92 Å². The molecule has 0 unspecified atom stereocenters. The summed E-state index contributed by atoms with van der Waals surface area (Å²) in [4.78, 5) is 0. The topological polar surface area (TPSA) is 23.8 Å². The maximum Gasteiger partial charge on any atom is 0.136 e. The fourth-order valence-corrected chi connectivity index (χ4v) is 0.228. The van der Waals surface area contributed by atoms with Crippen LogP contribution in [0.1, 0.15) is 6.92 Å². The van der Waals surface area contributed by atoms with Crippen LogP contribution in [-0.4, -0.2) is 0 Å². The molecule has 0 saturated carbocycles. The molecule has 0 aromatic carbocycles. The summed E-state index contributed by atoms with van der Waals surface area (Å²) in [7, 11) is 0. The molecular formula is C6H6FN. The zero-order chi connectivity index (χ0) is 6.57. The van der Waals surface area contributed by atoms with Gasteiger partial charge in [0.15, 0.2) is 0 Å². The average Bonchev–Trinajstić information content (AvgIpc) is 1.84. The molecule has 0 aliphatic heterocycles. The number of hydrogen-bond acceptors (Lipinski definition) is 1. The van der Waals surface area contributed by atoms with Gasteiger partial charge in [-0.15, -0.1) is 0 Å². The maximum atomic E-state index is 12.1. The lowest BCUT2D eigenvalue weighted by Crippen LogP contribution is -1.72. The Kier molecular flexibility index (Phi) is 2.57. The smallest absolute Gasteiger partial charge is 0.136 e. The van der Waals surface area contributed by atoms with E-state index < -0.39 is 5.83 Å². The van der Waals surface area contributed by atoms with Crippen LogP contribution < -0.4 is 0 Å². The minimum atomic E-state index is -0.549. The number of rotatable bonds is 1. The largest absolute Gasteiger partial charge is 0.206 e. The second-order valence-electron chi connectivity index (χ2n) is 1.23. The van der Waals surface area contributed by atoms with Crippen molar-refractivity contribution >= 4 is 0 Å². The Labute approximate surface area is 47.7 Å². The Hall–Kier alpha value is -1.10. The van der Waals surface area contributed by atoms with Crippen LogP contribution in [0, 0.1) is 11.3 Å². The lowest BCUT2D eigenvalue weighted by atomic mass is 10.3. The second kappa shape index (κ2) is 2.98. The summed E-state index contributed by atoms with van der Waals surface area (Å²) in [6, 6.07) is 1.58. The van der Waals surface area contributed by atoms with E-state index in [9.17, 15) is 4.39 Å². The molecule has 0 fully saturated rings. The van der Waals surface area contributed by atoms with Crippen molar-refractivity contribution in [3.05, 3.63) is 24.1 Å². The quantitative estimate of drug-likeness (QED) is 0.374. The van der Waals surface area contributed by atoms with E-state index in [0.717, 1.165) is 0 Å². The van der Waals surface area contributed by atoms with Crippen molar-refractivity contribution in [1.82, 2.24) is 0 Å². The average molecular weight is 111 g/mol. The zero-order valence-electron chi connectivity index (χ0n) is 4.61. The summed E-state index contributed by atoms with van der Waals surface area (Å²) in [6.07, 6.45) is 1.20. The summed E-state index contributed by atoms with van der Waals surface area (Å²) >= 11 is 0. The molecule has 2 heteroatoms. The van der Waals surface area contributed by atoms with Crippen LogP contribution in [0.25, 0.3) is 0 Å². The van der Waals surface area contributed by atoms with E-state index in [1.165, 1.54) is 13.0 Å². The van der Waals surface area contributed by atoms with Crippen LogP contribution in [0.15, 0.2) is 24.1 Å². The van der Waals surface area contributed by atoms with Crippen LogP contribution in [0.4, 0.5) is 4.39 Å². The summed E-state index contributed by atoms with van der Waals surface area (Å²) < 4.78 is 12.1. The van der Waals surface area contributed by atoms with Gasteiger partial charge in [0.05, 0.1) is 5.57 Å². The predicted molar refractivity (Wildman–Crippen MR) is 29.6 cm³/mol.